The molecule has 6 heteroatoms. The lowest BCUT2D eigenvalue weighted by atomic mass is 9.99. The van der Waals surface area contributed by atoms with Gasteiger partial charge < -0.3 is 20.7 Å². The summed E-state index contributed by atoms with van der Waals surface area (Å²) in [7, 11) is 1.60. The first kappa shape index (κ1) is 17.9. The predicted molar refractivity (Wildman–Crippen MR) is 102 cm³/mol. The Balaban J connectivity index is 1.57. The number of ether oxygens (including phenoxy) is 1. The van der Waals surface area contributed by atoms with Crippen LogP contribution in [0.25, 0.3) is 0 Å². The van der Waals surface area contributed by atoms with Crippen LogP contribution in [0, 0.1) is 5.92 Å². The molecule has 6 nitrogen and oxygen atoms in total. The number of hydrogen-bond donors (Lipinski definition) is 3. The number of amides is 2. The fourth-order valence-corrected chi connectivity index (χ4v) is 2.90. The van der Waals surface area contributed by atoms with E-state index >= 15 is 0 Å². The number of carbonyl (C=O) groups excluding carboxylic acids is 2. The van der Waals surface area contributed by atoms with Crippen LogP contribution in [0.3, 0.4) is 0 Å². The first-order chi connectivity index (χ1) is 12.7. The molecule has 0 radical (unpaired) electrons. The van der Waals surface area contributed by atoms with Crippen LogP contribution < -0.4 is 20.7 Å². The van der Waals surface area contributed by atoms with Crippen molar-refractivity contribution in [3.63, 3.8) is 0 Å². The molecule has 3 rings (SSSR count). The van der Waals surface area contributed by atoms with Crippen molar-refractivity contribution in [1.29, 1.82) is 0 Å². The molecule has 0 aromatic heterocycles. The quantitative estimate of drug-likeness (QED) is 0.772. The molecule has 1 aliphatic heterocycles. The zero-order chi connectivity index (χ0) is 18.4. The molecule has 0 saturated carbocycles. The second-order valence-corrected chi connectivity index (χ2v) is 6.29. The summed E-state index contributed by atoms with van der Waals surface area (Å²) >= 11 is 0. The molecule has 3 N–H and O–H groups in total. The number of rotatable bonds is 5. The third-order valence-corrected chi connectivity index (χ3v) is 4.43. The number of anilines is 2. The van der Waals surface area contributed by atoms with E-state index in [1.54, 1.807) is 55.6 Å². The lowest BCUT2D eigenvalue weighted by molar-refractivity contribution is -0.120. The molecule has 1 unspecified atom stereocenters. The van der Waals surface area contributed by atoms with E-state index in [1.807, 2.05) is 0 Å². The van der Waals surface area contributed by atoms with Gasteiger partial charge in [-0.05, 0) is 67.9 Å². The summed E-state index contributed by atoms with van der Waals surface area (Å²) in [6, 6.07) is 14.0. The highest BCUT2D eigenvalue weighted by molar-refractivity contribution is 6.04. The molecular weight excluding hydrogens is 330 g/mol. The average molecular weight is 353 g/mol. The van der Waals surface area contributed by atoms with Crippen molar-refractivity contribution in [3.8, 4) is 5.75 Å². The van der Waals surface area contributed by atoms with Gasteiger partial charge in [0.15, 0.2) is 0 Å². The topological polar surface area (TPSA) is 79.5 Å². The van der Waals surface area contributed by atoms with E-state index < -0.39 is 0 Å². The van der Waals surface area contributed by atoms with Gasteiger partial charge in [-0.3, -0.25) is 9.59 Å². The van der Waals surface area contributed by atoms with Crippen molar-refractivity contribution in [3.05, 3.63) is 54.1 Å². The molecule has 1 atom stereocenters. The number of piperidine rings is 1. The smallest absolute Gasteiger partial charge is 0.255 e. The highest BCUT2D eigenvalue weighted by atomic mass is 16.5. The monoisotopic (exact) mass is 353 g/mol. The number of hydrogen-bond acceptors (Lipinski definition) is 4. The molecule has 0 spiro atoms. The summed E-state index contributed by atoms with van der Waals surface area (Å²) in [4.78, 5) is 24.6. The molecule has 136 valence electrons. The van der Waals surface area contributed by atoms with Gasteiger partial charge in [0.05, 0.1) is 13.0 Å². The first-order valence-electron chi connectivity index (χ1n) is 8.73. The molecule has 1 aliphatic rings. The standard InChI is InChI=1S/C20H23N3O3/c1-26-18-10-8-17(9-11-18)22-19(24)14-4-6-16(7-5-14)23-20(25)15-3-2-12-21-13-15/h4-11,15,21H,2-3,12-13H2,1H3,(H,22,24)(H,23,25). The Kier molecular flexibility index (Phi) is 5.86. The highest BCUT2D eigenvalue weighted by Gasteiger charge is 2.20. The Morgan fingerprint density at radius 1 is 1.00 bits per heavy atom. The van der Waals surface area contributed by atoms with Crippen LogP contribution >= 0.6 is 0 Å². The van der Waals surface area contributed by atoms with E-state index in [-0.39, 0.29) is 17.7 Å². The summed E-state index contributed by atoms with van der Waals surface area (Å²) in [6.45, 7) is 1.69. The summed E-state index contributed by atoms with van der Waals surface area (Å²) in [5.41, 5.74) is 1.91. The van der Waals surface area contributed by atoms with Crippen molar-refractivity contribution < 1.29 is 14.3 Å². The first-order valence-corrected chi connectivity index (χ1v) is 8.73. The van der Waals surface area contributed by atoms with Gasteiger partial charge in [-0.15, -0.1) is 0 Å². The van der Waals surface area contributed by atoms with E-state index in [1.165, 1.54) is 0 Å². The van der Waals surface area contributed by atoms with Gasteiger partial charge in [-0.25, -0.2) is 0 Å². The lowest BCUT2D eigenvalue weighted by Crippen LogP contribution is -2.37. The van der Waals surface area contributed by atoms with Crippen LogP contribution in [-0.2, 0) is 4.79 Å². The summed E-state index contributed by atoms with van der Waals surface area (Å²) in [5.74, 6) is 0.551. The molecule has 1 fully saturated rings. The van der Waals surface area contributed by atoms with Gasteiger partial charge in [0.1, 0.15) is 5.75 Å². The minimum absolute atomic E-state index is 0.00166. The maximum Gasteiger partial charge on any atom is 0.255 e. The third kappa shape index (κ3) is 4.61. The third-order valence-electron chi connectivity index (χ3n) is 4.43. The maximum absolute atomic E-state index is 12.3. The second kappa shape index (κ2) is 8.49. The normalized spacial score (nSPS) is 16.6. The van der Waals surface area contributed by atoms with Crippen LogP contribution in [0.2, 0.25) is 0 Å². The minimum atomic E-state index is -0.204. The van der Waals surface area contributed by atoms with Crippen molar-refractivity contribution >= 4 is 23.2 Å². The fraction of sp³-hybridized carbons (Fsp3) is 0.300. The number of nitrogens with one attached hydrogen (secondary N) is 3. The van der Waals surface area contributed by atoms with Crippen LogP contribution in [0.15, 0.2) is 48.5 Å². The molecule has 2 amide bonds. The summed E-state index contributed by atoms with van der Waals surface area (Å²) < 4.78 is 5.10. The molecule has 2 aromatic rings. The lowest BCUT2D eigenvalue weighted by Gasteiger charge is -2.21. The van der Waals surface area contributed by atoms with Crippen molar-refractivity contribution in [1.82, 2.24) is 5.32 Å². The van der Waals surface area contributed by atoms with Crippen molar-refractivity contribution in [2.75, 3.05) is 30.8 Å². The molecule has 26 heavy (non-hydrogen) atoms. The molecule has 0 bridgehead atoms. The SMILES string of the molecule is COc1ccc(NC(=O)c2ccc(NC(=O)C3CCCNC3)cc2)cc1. The van der Waals surface area contributed by atoms with E-state index in [9.17, 15) is 9.59 Å². The van der Waals surface area contributed by atoms with Crippen LogP contribution in [0.1, 0.15) is 23.2 Å². The highest BCUT2D eigenvalue weighted by Crippen LogP contribution is 2.18. The Labute approximate surface area is 152 Å². The predicted octanol–water partition coefficient (Wildman–Crippen LogP) is 2.89. The summed E-state index contributed by atoms with van der Waals surface area (Å²) in [5, 5.41) is 8.98. The van der Waals surface area contributed by atoms with E-state index in [0.717, 1.165) is 25.1 Å². The summed E-state index contributed by atoms with van der Waals surface area (Å²) in [6.07, 6.45) is 1.92. The van der Waals surface area contributed by atoms with Crippen LogP contribution in [0.4, 0.5) is 11.4 Å². The fourth-order valence-electron chi connectivity index (χ4n) is 2.90. The zero-order valence-corrected chi connectivity index (χ0v) is 14.7. The molecule has 2 aromatic carbocycles. The Hall–Kier alpha value is -2.86. The maximum atomic E-state index is 12.3. The van der Waals surface area contributed by atoms with Gasteiger partial charge in [0.25, 0.3) is 5.91 Å². The molecular formula is C20H23N3O3. The Morgan fingerprint density at radius 2 is 1.65 bits per heavy atom. The van der Waals surface area contributed by atoms with Gasteiger partial charge in [-0.1, -0.05) is 0 Å². The largest absolute Gasteiger partial charge is 0.497 e. The van der Waals surface area contributed by atoms with Gasteiger partial charge in [0, 0.05) is 23.5 Å². The Morgan fingerprint density at radius 3 is 2.27 bits per heavy atom. The molecule has 1 heterocycles. The van der Waals surface area contributed by atoms with Crippen molar-refractivity contribution in [2.24, 2.45) is 5.92 Å². The van der Waals surface area contributed by atoms with Crippen molar-refractivity contribution in [2.45, 2.75) is 12.8 Å². The van der Waals surface area contributed by atoms with E-state index in [4.69, 9.17) is 4.74 Å². The number of methoxy groups -OCH3 is 1. The van der Waals surface area contributed by atoms with E-state index in [2.05, 4.69) is 16.0 Å². The van der Waals surface area contributed by atoms with Gasteiger partial charge >= 0.3 is 0 Å². The van der Waals surface area contributed by atoms with Crippen LogP contribution in [0.5, 0.6) is 5.75 Å². The zero-order valence-electron chi connectivity index (χ0n) is 14.7. The molecule has 0 aliphatic carbocycles. The second-order valence-electron chi connectivity index (χ2n) is 6.29. The van der Waals surface area contributed by atoms with Gasteiger partial charge in [0.2, 0.25) is 5.91 Å². The van der Waals surface area contributed by atoms with E-state index in [0.29, 0.717) is 23.5 Å². The number of carbonyl (C=O) groups is 2. The Bertz CT molecular complexity index is 751. The van der Waals surface area contributed by atoms with Gasteiger partial charge in [-0.2, -0.15) is 0 Å². The van der Waals surface area contributed by atoms with Crippen LogP contribution in [-0.4, -0.2) is 32.0 Å². The number of benzene rings is 2. The molecule has 1 saturated heterocycles. The minimum Gasteiger partial charge on any atom is -0.497 e. The average Bonchev–Trinajstić information content (AvgIpc) is 2.69.